The largest absolute Gasteiger partial charge is 0.392 e. The van der Waals surface area contributed by atoms with Crippen LogP contribution in [0, 0.1) is 0 Å². The Labute approximate surface area is 92.2 Å². The Morgan fingerprint density at radius 2 is 2.12 bits per heavy atom. The van der Waals surface area contributed by atoms with Crippen LogP contribution < -0.4 is 0 Å². The van der Waals surface area contributed by atoms with Crippen LogP contribution in [0.5, 0.6) is 0 Å². The molecule has 0 bridgehead atoms. The number of hydrogen-bond donors (Lipinski definition) is 2. The number of aromatic nitrogens is 3. The summed E-state index contributed by atoms with van der Waals surface area (Å²) in [6, 6.07) is 9.64. The Hall–Kier alpha value is -2.07. The first-order valence-corrected chi connectivity index (χ1v) is 5.10. The van der Waals surface area contributed by atoms with Gasteiger partial charge in [-0.05, 0) is 5.56 Å². The first kappa shape index (κ1) is 9.18. The number of aliphatic hydroxyl groups excluding tert-OH is 1. The van der Waals surface area contributed by atoms with Crippen molar-refractivity contribution in [3.05, 3.63) is 48.3 Å². The van der Waals surface area contributed by atoms with E-state index in [1.165, 1.54) is 0 Å². The van der Waals surface area contributed by atoms with Gasteiger partial charge in [-0.15, -0.1) is 0 Å². The number of nitrogens with one attached hydrogen (secondary N) is 1. The van der Waals surface area contributed by atoms with Gasteiger partial charge in [-0.3, -0.25) is 0 Å². The Kier molecular flexibility index (Phi) is 2.01. The molecular weight excluding hydrogens is 202 g/mol. The smallest absolute Gasteiger partial charge is 0.153 e. The average molecular weight is 213 g/mol. The maximum Gasteiger partial charge on any atom is 0.153 e. The van der Waals surface area contributed by atoms with Crippen molar-refractivity contribution in [3.8, 4) is 11.3 Å². The van der Waals surface area contributed by atoms with E-state index in [9.17, 15) is 5.11 Å². The molecule has 3 rings (SSSR count). The average Bonchev–Trinajstić information content (AvgIpc) is 2.89. The van der Waals surface area contributed by atoms with E-state index >= 15 is 0 Å². The molecule has 0 saturated heterocycles. The van der Waals surface area contributed by atoms with Gasteiger partial charge in [0.05, 0.1) is 18.5 Å². The van der Waals surface area contributed by atoms with E-state index in [4.69, 9.17) is 0 Å². The van der Waals surface area contributed by atoms with Crippen LogP contribution in [0.15, 0.2) is 42.7 Å². The monoisotopic (exact) mass is 213 g/mol. The van der Waals surface area contributed by atoms with Crippen molar-refractivity contribution in [1.82, 2.24) is 14.6 Å². The van der Waals surface area contributed by atoms with E-state index in [1.54, 1.807) is 0 Å². The van der Waals surface area contributed by atoms with Gasteiger partial charge in [0, 0.05) is 17.8 Å². The minimum absolute atomic E-state index is 0.0294. The van der Waals surface area contributed by atoms with Crippen LogP contribution in [0.25, 0.3) is 16.9 Å². The predicted molar refractivity (Wildman–Crippen MR) is 60.9 cm³/mol. The maximum absolute atomic E-state index is 9.26. The molecule has 0 radical (unpaired) electrons. The van der Waals surface area contributed by atoms with Crippen molar-refractivity contribution < 1.29 is 5.11 Å². The lowest BCUT2D eigenvalue weighted by atomic mass is 10.1. The molecule has 80 valence electrons. The standard InChI is InChI=1S/C12H11N3O/c16-8-9-3-1-2-4-10(9)11-7-15-12(14-11)5-6-13-15/h1-7,13,16H,8H2. The number of imidazole rings is 1. The van der Waals surface area contributed by atoms with E-state index in [-0.39, 0.29) is 6.61 Å². The molecule has 0 unspecified atom stereocenters. The highest BCUT2D eigenvalue weighted by Gasteiger charge is 2.08. The van der Waals surface area contributed by atoms with Crippen molar-refractivity contribution in [2.75, 3.05) is 0 Å². The fourth-order valence-corrected chi connectivity index (χ4v) is 1.85. The van der Waals surface area contributed by atoms with Crippen LogP contribution in [0.3, 0.4) is 0 Å². The van der Waals surface area contributed by atoms with E-state index < -0.39 is 0 Å². The highest BCUT2D eigenvalue weighted by molar-refractivity contribution is 5.65. The van der Waals surface area contributed by atoms with Crippen LogP contribution in [-0.2, 0) is 6.61 Å². The lowest BCUT2D eigenvalue weighted by Gasteiger charge is -2.02. The van der Waals surface area contributed by atoms with Gasteiger partial charge in [-0.25, -0.2) is 9.50 Å². The zero-order valence-corrected chi connectivity index (χ0v) is 8.59. The molecule has 16 heavy (non-hydrogen) atoms. The Bertz CT molecular complexity index is 595. The van der Waals surface area contributed by atoms with Crippen LogP contribution in [-0.4, -0.2) is 19.7 Å². The summed E-state index contributed by atoms with van der Waals surface area (Å²) in [6.45, 7) is 0.0294. The number of rotatable bonds is 2. The number of hydrogen-bond acceptors (Lipinski definition) is 2. The second-order valence-electron chi connectivity index (χ2n) is 3.63. The van der Waals surface area contributed by atoms with Crippen molar-refractivity contribution >= 4 is 5.65 Å². The summed E-state index contributed by atoms with van der Waals surface area (Å²) in [6.07, 6.45) is 3.76. The lowest BCUT2D eigenvalue weighted by molar-refractivity contribution is 0.282. The van der Waals surface area contributed by atoms with Crippen LogP contribution in [0.4, 0.5) is 0 Å². The zero-order valence-electron chi connectivity index (χ0n) is 8.59. The molecule has 3 aromatic rings. The van der Waals surface area contributed by atoms with Gasteiger partial charge < -0.3 is 10.2 Å². The number of aromatic amines is 1. The summed E-state index contributed by atoms with van der Waals surface area (Å²) in [4.78, 5) is 4.47. The summed E-state index contributed by atoms with van der Waals surface area (Å²) in [5, 5.41) is 12.3. The molecule has 0 fully saturated rings. The number of H-pyrrole nitrogens is 1. The fourth-order valence-electron chi connectivity index (χ4n) is 1.85. The highest BCUT2D eigenvalue weighted by Crippen LogP contribution is 2.22. The number of nitrogens with zero attached hydrogens (tertiary/aromatic N) is 2. The van der Waals surface area contributed by atoms with E-state index in [1.807, 2.05) is 47.2 Å². The van der Waals surface area contributed by atoms with Crippen LogP contribution >= 0.6 is 0 Å². The molecule has 2 N–H and O–H groups in total. The predicted octanol–water partition coefficient (Wildman–Crippen LogP) is 1.82. The fraction of sp³-hybridized carbons (Fsp3) is 0.0833. The third-order valence-corrected chi connectivity index (χ3v) is 2.64. The number of aliphatic hydroxyl groups is 1. The van der Waals surface area contributed by atoms with Crippen LogP contribution in [0.2, 0.25) is 0 Å². The highest BCUT2D eigenvalue weighted by atomic mass is 16.3. The third-order valence-electron chi connectivity index (χ3n) is 2.64. The number of fused-ring (bicyclic) bond motifs is 1. The van der Waals surface area contributed by atoms with Gasteiger partial charge in [0.25, 0.3) is 0 Å². The van der Waals surface area contributed by atoms with Crippen molar-refractivity contribution in [1.29, 1.82) is 0 Å². The first-order valence-electron chi connectivity index (χ1n) is 5.10. The minimum atomic E-state index is 0.0294. The molecule has 0 saturated carbocycles. The molecule has 2 heterocycles. The van der Waals surface area contributed by atoms with Gasteiger partial charge >= 0.3 is 0 Å². The molecule has 0 aliphatic carbocycles. The second-order valence-corrected chi connectivity index (χ2v) is 3.63. The van der Waals surface area contributed by atoms with Crippen molar-refractivity contribution in [2.24, 2.45) is 0 Å². The topological polar surface area (TPSA) is 53.3 Å². The van der Waals surface area contributed by atoms with Crippen molar-refractivity contribution in [2.45, 2.75) is 6.61 Å². The zero-order chi connectivity index (χ0) is 11.0. The summed E-state index contributed by atoms with van der Waals surface area (Å²) < 4.78 is 1.85. The molecule has 4 heteroatoms. The Morgan fingerprint density at radius 3 is 2.94 bits per heavy atom. The maximum atomic E-state index is 9.26. The van der Waals surface area contributed by atoms with Gasteiger partial charge in [0.1, 0.15) is 0 Å². The molecule has 0 spiro atoms. The lowest BCUT2D eigenvalue weighted by Crippen LogP contribution is -1.88. The molecule has 2 aromatic heterocycles. The third kappa shape index (κ3) is 1.31. The Morgan fingerprint density at radius 1 is 1.25 bits per heavy atom. The molecule has 1 aromatic carbocycles. The molecule has 0 amide bonds. The van der Waals surface area contributed by atoms with Gasteiger partial charge in [0.2, 0.25) is 0 Å². The van der Waals surface area contributed by atoms with Crippen LogP contribution in [0.1, 0.15) is 5.56 Å². The molecule has 0 aliphatic heterocycles. The first-order chi connectivity index (χ1) is 7.88. The SMILES string of the molecule is OCc1ccccc1-c1cn2[nH]ccc2n1. The Balaban J connectivity index is 2.18. The van der Waals surface area contributed by atoms with E-state index in [2.05, 4.69) is 10.1 Å². The normalized spacial score (nSPS) is 11.1. The van der Waals surface area contributed by atoms with Gasteiger partial charge in [0.15, 0.2) is 5.65 Å². The minimum Gasteiger partial charge on any atom is -0.392 e. The number of benzene rings is 1. The quantitative estimate of drug-likeness (QED) is 0.682. The van der Waals surface area contributed by atoms with Gasteiger partial charge in [-0.2, -0.15) is 0 Å². The molecule has 4 nitrogen and oxygen atoms in total. The summed E-state index contributed by atoms with van der Waals surface area (Å²) in [5.74, 6) is 0. The molecule has 0 atom stereocenters. The van der Waals surface area contributed by atoms with E-state index in [0.717, 1.165) is 22.5 Å². The summed E-state index contributed by atoms with van der Waals surface area (Å²) in [7, 11) is 0. The summed E-state index contributed by atoms with van der Waals surface area (Å²) >= 11 is 0. The second kappa shape index (κ2) is 3.50. The van der Waals surface area contributed by atoms with Gasteiger partial charge in [-0.1, -0.05) is 24.3 Å². The van der Waals surface area contributed by atoms with Crippen molar-refractivity contribution in [3.63, 3.8) is 0 Å². The van der Waals surface area contributed by atoms with E-state index in [0.29, 0.717) is 0 Å². The summed E-state index contributed by atoms with van der Waals surface area (Å²) in [5.41, 5.74) is 3.62. The molecule has 0 aliphatic rings. The molecular formula is C12H11N3O.